The first-order valence-electron chi connectivity index (χ1n) is 8.97. The Morgan fingerprint density at radius 3 is 2.38 bits per heavy atom. The maximum atomic E-state index is 12.3. The third kappa shape index (κ3) is 5.59. The molecule has 2 rings (SSSR count). The van der Waals surface area contributed by atoms with Gasteiger partial charge in [-0.2, -0.15) is 0 Å². The molecule has 0 bridgehead atoms. The Labute approximate surface area is 130 Å². The average molecular weight is 295 g/mol. The Hall–Kier alpha value is -0.610. The highest BCUT2D eigenvalue weighted by atomic mass is 16.2. The van der Waals surface area contributed by atoms with E-state index in [-0.39, 0.29) is 11.9 Å². The molecule has 0 aromatic heterocycles. The van der Waals surface area contributed by atoms with Crippen LogP contribution in [0.25, 0.3) is 0 Å². The summed E-state index contributed by atoms with van der Waals surface area (Å²) in [6.45, 7) is 7.80. The van der Waals surface area contributed by atoms with Gasteiger partial charge in [-0.05, 0) is 58.7 Å². The van der Waals surface area contributed by atoms with E-state index < -0.39 is 0 Å². The minimum Gasteiger partial charge on any atom is -0.352 e. The van der Waals surface area contributed by atoms with Crippen LogP contribution in [-0.2, 0) is 4.79 Å². The molecule has 1 aliphatic heterocycles. The van der Waals surface area contributed by atoms with E-state index in [9.17, 15) is 4.79 Å². The first-order valence-corrected chi connectivity index (χ1v) is 8.97. The molecule has 0 aromatic rings. The van der Waals surface area contributed by atoms with Gasteiger partial charge >= 0.3 is 0 Å². The molecule has 4 nitrogen and oxygen atoms in total. The quantitative estimate of drug-likeness (QED) is 0.790. The van der Waals surface area contributed by atoms with Crippen molar-refractivity contribution in [3.8, 4) is 0 Å². The maximum Gasteiger partial charge on any atom is 0.237 e. The summed E-state index contributed by atoms with van der Waals surface area (Å²) in [5.41, 5.74) is 0. The number of carbonyl (C=O) groups excluding carboxylic acids is 1. The van der Waals surface area contributed by atoms with Crippen LogP contribution in [0, 0.1) is 0 Å². The molecule has 2 fully saturated rings. The lowest BCUT2D eigenvalue weighted by Crippen LogP contribution is -2.52. The van der Waals surface area contributed by atoms with E-state index in [1.807, 2.05) is 6.92 Å². The van der Waals surface area contributed by atoms with Crippen LogP contribution in [0.1, 0.15) is 65.2 Å². The smallest absolute Gasteiger partial charge is 0.237 e. The van der Waals surface area contributed by atoms with Crippen molar-refractivity contribution < 1.29 is 4.79 Å². The summed E-state index contributed by atoms with van der Waals surface area (Å²) in [7, 11) is 0. The van der Waals surface area contributed by atoms with Crippen LogP contribution < -0.4 is 10.6 Å². The van der Waals surface area contributed by atoms with Gasteiger partial charge in [0.1, 0.15) is 0 Å². The molecule has 21 heavy (non-hydrogen) atoms. The predicted octanol–water partition coefficient (Wildman–Crippen LogP) is 2.29. The van der Waals surface area contributed by atoms with Crippen molar-refractivity contribution in [1.82, 2.24) is 15.5 Å². The summed E-state index contributed by atoms with van der Waals surface area (Å²) in [5, 5.41) is 6.76. The monoisotopic (exact) mass is 295 g/mol. The highest BCUT2D eigenvalue weighted by Crippen LogP contribution is 2.17. The molecule has 122 valence electrons. The van der Waals surface area contributed by atoms with Gasteiger partial charge in [0.25, 0.3) is 0 Å². The van der Waals surface area contributed by atoms with Gasteiger partial charge in [-0.1, -0.05) is 26.2 Å². The van der Waals surface area contributed by atoms with Crippen LogP contribution in [0.15, 0.2) is 0 Å². The van der Waals surface area contributed by atoms with Crippen LogP contribution in [0.3, 0.4) is 0 Å². The molecule has 1 saturated carbocycles. The summed E-state index contributed by atoms with van der Waals surface area (Å²) in [5.74, 6) is 0.192. The van der Waals surface area contributed by atoms with Gasteiger partial charge in [0.2, 0.25) is 5.91 Å². The first-order chi connectivity index (χ1) is 10.2. The summed E-state index contributed by atoms with van der Waals surface area (Å²) in [6.07, 6.45) is 9.75. The summed E-state index contributed by atoms with van der Waals surface area (Å²) in [6, 6.07) is 0.863. The number of nitrogens with zero attached hydrogens (tertiary/aromatic N) is 1. The molecule has 1 saturated heterocycles. The van der Waals surface area contributed by atoms with E-state index in [1.165, 1.54) is 58.2 Å². The Balaban J connectivity index is 1.66. The van der Waals surface area contributed by atoms with Crippen molar-refractivity contribution in [3.63, 3.8) is 0 Å². The third-order valence-corrected chi connectivity index (χ3v) is 4.96. The molecule has 1 unspecified atom stereocenters. The van der Waals surface area contributed by atoms with Crippen molar-refractivity contribution in [3.05, 3.63) is 0 Å². The Morgan fingerprint density at radius 1 is 1.10 bits per heavy atom. The van der Waals surface area contributed by atoms with E-state index in [0.717, 1.165) is 12.8 Å². The van der Waals surface area contributed by atoms with Crippen molar-refractivity contribution >= 4 is 5.91 Å². The van der Waals surface area contributed by atoms with Crippen LogP contribution in [0.4, 0.5) is 0 Å². The molecule has 1 heterocycles. The number of likely N-dealkylation sites (tertiary alicyclic amines) is 1. The van der Waals surface area contributed by atoms with Gasteiger partial charge in [0.15, 0.2) is 0 Å². The van der Waals surface area contributed by atoms with E-state index in [0.29, 0.717) is 12.1 Å². The fraction of sp³-hybridized carbons (Fsp3) is 0.941. The van der Waals surface area contributed by atoms with Gasteiger partial charge in [-0.15, -0.1) is 0 Å². The van der Waals surface area contributed by atoms with E-state index in [1.54, 1.807) is 0 Å². The Bertz CT molecular complexity index is 307. The van der Waals surface area contributed by atoms with Gasteiger partial charge in [0.05, 0.1) is 6.04 Å². The molecule has 4 heteroatoms. The SMILES string of the molecule is CCCN1CCC(NC(C)C(=O)NC2CCCCC2)CC1. The number of nitrogens with one attached hydrogen (secondary N) is 2. The van der Waals surface area contributed by atoms with Crippen molar-refractivity contribution in [2.75, 3.05) is 19.6 Å². The highest BCUT2D eigenvalue weighted by molar-refractivity contribution is 5.81. The van der Waals surface area contributed by atoms with Gasteiger partial charge in [0, 0.05) is 12.1 Å². The largest absolute Gasteiger partial charge is 0.352 e. The predicted molar refractivity (Wildman–Crippen MR) is 87.4 cm³/mol. The topological polar surface area (TPSA) is 44.4 Å². The van der Waals surface area contributed by atoms with Gasteiger partial charge in [-0.25, -0.2) is 0 Å². The van der Waals surface area contributed by atoms with Crippen LogP contribution >= 0.6 is 0 Å². The summed E-state index contributed by atoms with van der Waals surface area (Å²) < 4.78 is 0. The first kappa shape index (κ1) is 16.8. The summed E-state index contributed by atoms with van der Waals surface area (Å²) in [4.78, 5) is 14.8. The number of hydrogen-bond donors (Lipinski definition) is 2. The average Bonchev–Trinajstić information content (AvgIpc) is 2.50. The van der Waals surface area contributed by atoms with Crippen molar-refractivity contribution in [2.24, 2.45) is 0 Å². The number of amides is 1. The van der Waals surface area contributed by atoms with Crippen LogP contribution in [-0.4, -0.2) is 48.6 Å². The lowest BCUT2D eigenvalue weighted by Gasteiger charge is -2.34. The Morgan fingerprint density at radius 2 is 1.76 bits per heavy atom. The maximum absolute atomic E-state index is 12.3. The highest BCUT2D eigenvalue weighted by Gasteiger charge is 2.24. The van der Waals surface area contributed by atoms with Gasteiger partial charge < -0.3 is 15.5 Å². The standard InChI is InChI=1S/C17H33N3O/c1-3-11-20-12-9-16(10-13-20)18-14(2)17(21)19-15-7-5-4-6-8-15/h14-16,18H,3-13H2,1-2H3,(H,19,21). The fourth-order valence-electron chi connectivity index (χ4n) is 3.64. The van der Waals surface area contributed by atoms with E-state index in [4.69, 9.17) is 0 Å². The lowest BCUT2D eigenvalue weighted by atomic mass is 9.95. The number of carbonyl (C=O) groups is 1. The second-order valence-corrected chi connectivity index (χ2v) is 6.85. The molecule has 0 aromatic carbocycles. The second kappa shape index (κ2) is 8.74. The third-order valence-electron chi connectivity index (χ3n) is 4.96. The zero-order valence-electron chi connectivity index (χ0n) is 13.9. The molecule has 2 N–H and O–H groups in total. The molecule has 0 radical (unpaired) electrons. The Kier molecular flexibility index (Phi) is 6.97. The number of rotatable bonds is 6. The minimum atomic E-state index is -0.0605. The molecule has 1 amide bonds. The molecular weight excluding hydrogens is 262 g/mol. The molecule has 0 spiro atoms. The molecular formula is C17H33N3O. The van der Waals surface area contributed by atoms with Gasteiger partial charge in [-0.3, -0.25) is 4.79 Å². The van der Waals surface area contributed by atoms with Crippen LogP contribution in [0.5, 0.6) is 0 Å². The van der Waals surface area contributed by atoms with E-state index in [2.05, 4.69) is 22.5 Å². The summed E-state index contributed by atoms with van der Waals surface area (Å²) >= 11 is 0. The molecule has 2 aliphatic rings. The van der Waals surface area contributed by atoms with Crippen molar-refractivity contribution in [1.29, 1.82) is 0 Å². The van der Waals surface area contributed by atoms with E-state index >= 15 is 0 Å². The fourth-order valence-corrected chi connectivity index (χ4v) is 3.64. The molecule has 1 atom stereocenters. The van der Waals surface area contributed by atoms with Crippen LogP contribution in [0.2, 0.25) is 0 Å². The van der Waals surface area contributed by atoms with Crippen molar-refractivity contribution in [2.45, 2.75) is 83.3 Å². The second-order valence-electron chi connectivity index (χ2n) is 6.85. The lowest BCUT2D eigenvalue weighted by molar-refractivity contribution is -0.124. The number of piperidine rings is 1. The normalized spacial score (nSPS) is 23.9. The number of hydrogen-bond acceptors (Lipinski definition) is 3. The minimum absolute atomic E-state index is 0.0605. The zero-order chi connectivity index (χ0) is 15.1. The zero-order valence-corrected chi connectivity index (χ0v) is 13.9. The molecule has 1 aliphatic carbocycles.